The van der Waals surface area contributed by atoms with Crippen LogP contribution in [0.2, 0.25) is 0 Å². The van der Waals surface area contributed by atoms with Crippen LogP contribution in [0.3, 0.4) is 0 Å². The molecule has 0 amide bonds. The van der Waals surface area contributed by atoms with Crippen molar-refractivity contribution in [3.63, 3.8) is 0 Å². The molecule has 5 heteroatoms. The molecule has 1 aromatic heterocycles. The molecule has 0 radical (unpaired) electrons. The maximum atomic E-state index is 12.5. The molecule has 1 atom stereocenters. The maximum absolute atomic E-state index is 12.5. The molecule has 3 aromatic rings. The van der Waals surface area contributed by atoms with Crippen LogP contribution in [0.15, 0.2) is 57.8 Å². The highest BCUT2D eigenvalue weighted by molar-refractivity contribution is 9.10. The fourth-order valence-corrected chi connectivity index (χ4v) is 2.69. The minimum Gasteiger partial charge on any atom is -0.391 e. The number of hydrogen-bond acceptors (Lipinski definition) is 3. The van der Waals surface area contributed by atoms with E-state index >= 15 is 0 Å². The minimum absolute atomic E-state index is 0.174. The first-order valence-corrected chi connectivity index (χ1v) is 7.79. The molecule has 3 rings (SSSR count). The van der Waals surface area contributed by atoms with Crippen LogP contribution in [0.5, 0.6) is 0 Å². The Hall–Kier alpha value is -1.98. The molecule has 1 unspecified atom stereocenters. The van der Waals surface area contributed by atoms with Gasteiger partial charge in [0.25, 0.3) is 5.56 Å². The highest BCUT2D eigenvalue weighted by Crippen LogP contribution is 2.25. The van der Waals surface area contributed by atoms with Crippen molar-refractivity contribution in [1.82, 2.24) is 9.78 Å². The molecule has 1 heterocycles. The van der Waals surface area contributed by atoms with Gasteiger partial charge in [0.2, 0.25) is 0 Å². The first-order chi connectivity index (χ1) is 10.6. The van der Waals surface area contributed by atoms with Crippen LogP contribution >= 0.6 is 15.9 Å². The van der Waals surface area contributed by atoms with E-state index in [-0.39, 0.29) is 12.1 Å². The quantitative estimate of drug-likeness (QED) is 0.781. The van der Waals surface area contributed by atoms with Gasteiger partial charge in [-0.25, -0.2) is 4.68 Å². The summed E-state index contributed by atoms with van der Waals surface area (Å²) in [5.74, 6) is 0. The van der Waals surface area contributed by atoms with Gasteiger partial charge >= 0.3 is 0 Å². The summed E-state index contributed by atoms with van der Waals surface area (Å²) >= 11 is 3.42. The van der Waals surface area contributed by atoms with Crippen LogP contribution in [0, 0.1) is 0 Å². The van der Waals surface area contributed by atoms with Crippen molar-refractivity contribution in [2.24, 2.45) is 0 Å². The van der Waals surface area contributed by atoms with Gasteiger partial charge < -0.3 is 5.11 Å². The number of aliphatic hydroxyl groups excluding tert-OH is 1. The molecule has 1 N–H and O–H groups in total. The average molecular weight is 359 g/mol. The summed E-state index contributed by atoms with van der Waals surface area (Å²) in [5.41, 5.74) is 1.49. The highest BCUT2D eigenvalue weighted by atomic mass is 79.9. The van der Waals surface area contributed by atoms with E-state index in [4.69, 9.17) is 0 Å². The molecule has 0 spiro atoms. The molecule has 0 saturated heterocycles. The molecule has 2 aromatic carbocycles. The second kappa shape index (κ2) is 6.02. The van der Waals surface area contributed by atoms with E-state index in [1.165, 1.54) is 4.68 Å². The van der Waals surface area contributed by atoms with Gasteiger partial charge in [0.05, 0.1) is 23.7 Å². The second-order valence-corrected chi connectivity index (χ2v) is 6.15. The van der Waals surface area contributed by atoms with Crippen molar-refractivity contribution in [3.8, 4) is 11.3 Å². The Morgan fingerprint density at radius 3 is 2.41 bits per heavy atom. The SMILES string of the molecule is CC(O)Cn1nc(-c2ccc(Br)cc2)c2ccccc2c1=O. The number of benzene rings is 2. The van der Waals surface area contributed by atoms with Crippen molar-refractivity contribution in [2.45, 2.75) is 19.6 Å². The molecule has 0 aliphatic rings. The smallest absolute Gasteiger partial charge is 0.274 e. The minimum atomic E-state index is -0.635. The Morgan fingerprint density at radius 1 is 1.14 bits per heavy atom. The first kappa shape index (κ1) is 14.9. The Kier molecular flexibility index (Phi) is 4.09. The number of hydrogen-bond donors (Lipinski definition) is 1. The molecule has 22 heavy (non-hydrogen) atoms. The number of aromatic nitrogens is 2. The molecule has 4 nitrogen and oxygen atoms in total. The molecule has 0 bridgehead atoms. The van der Waals surface area contributed by atoms with Crippen molar-refractivity contribution in [3.05, 3.63) is 63.4 Å². The zero-order chi connectivity index (χ0) is 15.7. The third-order valence-corrected chi connectivity index (χ3v) is 3.95. The standard InChI is InChI=1S/C17H15BrN2O2/c1-11(21)10-20-17(22)15-5-3-2-4-14(15)16(19-20)12-6-8-13(18)9-7-12/h2-9,11,21H,10H2,1H3. The lowest BCUT2D eigenvalue weighted by atomic mass is 10.1. The third-order valence-electron chi connectivity index (χ3n) is 3.42. The predicted molar refractivity (Wildman–Crippen MR) is 90.8 cm³/mol. The molecule has 0 saturated carbocycles. The van der Waals surface area contributed by atoms with Crippen molar-refractivity contribution < 1.29 is 5.11 Å². The fraction of sp³-hybridized carbons (Fsp3) is 0.176. The normalized spacial score (nSPS) is 12.5. The summed E-state index contributed by atoms with van der Waals surface area (Å²) < 4.78 is 2.32. The molecular weight excluding hydrogens is 344 g/mol. The summed E-state index contributed by atoms with van der Waals surface area (Å²) in [6.45, 7) is 1.82. The first-order valence-electron chi connectivity index (χ1n) is 7.00. The highest BCUT2D eigenvalue weighted by Gasteiger charge is 2.13. The summed E-state index contributed by atoms with van der Waals surface area (Å²) in [4.78, 5) is 12.5. The lowest BCUT2D eigenvalue weighted by Gasteiger charge is -2.12. The van der Waals surface area contributed by atoms with E-state index in [0.29, 0.717) is 5.39 Å². The van der Waals surface area contributed by atoms with Gasteiger partial charge in [-0.2, -0.15) is 5.10 Å². The summed E-state index contributed by atoms with van der Waals surface area (Å²) in [5, 5.41) is 15.5. The van der Waals surface area contributed by atoms with Crippen LogP contribution in [0.1, 0.15) is 6.92 Å². The van der Waals surface area contributed by atoms with E-state index in [0.717, 1.165) is 21.1 Å². The molecule has 0 aliphatic heterocycles. The van der Waals surface area contributed by atoms with Crippen molar-refractivity contribution in [1.29, 1.82) is 0 Å². The molecule has 112 valence electrons. The predicted octanol–water partition coefficient (Wildman–Crippen LogP) is 3.21. The van der Waals surface area contributed by atoms with Gasteiger partial charge in [0.15, 0.2) is 0 Å². The van der Waals surface area contributed by atoms with Crippen LogP contribution in [-0.4, -0.2) is 21.0 Å². The van der Waals surface area contributed by atoms with Crippen LogP contribution in [0.25, 0.3) is 22.0 Å². The van der Waals surface area contributed by atoms with E-state index in [1.807, 2.05) is 42.5 Å². The van der Waals surface area contributed by atoms with Gasteiger partial charge in [0, 0.05) is 15.4 Å². The number of fused-ring (bicyclic) bond motifs is 1. The summed E-state index contributed by atoms with van der Waals surface area (Å²) in [6, 6.07) is 15.2. The Morgan fingerprint density at radius 2 is 1.77 bits per heavy atom. The monoisotopic (exact) mass is 358 g/mol. The van der Waals surface area contributed by atoms with Crippen LogP contribution < -0.4 is 5.56 Å². The van der Waals surface area contributed by atoms with Crippen LogP contribution in [-0.2, 0) is 6.54 Å². The number of nitrogens with zero attached hydrogens (tertiary/aromatic N) is 2. The van der Waals surface area contributed by atoms with Gasteiger partial charge in [-0.15, -0.1) is 0 Å². The summed E-state index contributed by atoms with van der Waals surface area (Å²) in [7, 11) is 0. The third kappa shape index (κ3) is 2.82. The zero-order valence-corrected chi connectivity index (χ0v) is 13.6. The zero-order valence-electron chi connectivity index (χ0n) is 12.0. The van der Waals surface area contributed by atoms with Crippen LogP contribution in [0.4, 0.5) is 0 Å². The van der Waals surface area contributed by atoms with E-state index in [2.05, 4.69) is 21.0 Å². The number of aliphatic hydroxyl groups is 1. The Bertz CT molecular complexity index is 870. The lowest BCUT2D eigenvalue weighted by Crippen LogP contribution is -2.28. The van der Waals surface area contributed by atoms with Gasteiger partial charge in [0.1, 0.15) is 0 Å². The van der Waals surface area contributed by atoms with E-state index < -0.39 is 6.10 Å². The second-order valence-electron chi connectivity index (χ2n) is 5.24. The van der Waals surface area contributed by atoms with Crippen molar-refractivity contribution >= 4 is 26.7 Å². The van der Waals surface area contributed by atoms with E-state index in [9.17, 15) is 9.90 Å². The molecule has 0 aliphatic carbocycles. The van der Waals surface area contributed by atoms with Gasteiger partial charge in [-0.1, -0.05) is 46.3 Å². The fourth-order valence-electron chi connectivity index (χ4n) is 2.43. The van der Waals surface area contributed by atoms with Gasteiger partial charge in [-0.05, 0) is 25.1 Å². The molecule has 0 fully saturated rings. The topological polar surface area (TPSA) is 55.1 Å². The number of rotatable bonds is 3. The Balaban J connectivity index is 2.30. The summed E-state index contributed by atoms with van der Waals surface area (Å²) in [6.07, 6.45) is -0.635. The molecular formula is C17H15BrN2O2. The Labute approximate surface area is 136 Å². The average Bonchev–Trinajstić information content (AvgIpc) is 2.51. The largest absolute Gasteiger partial charge is 0.391 e. The lowest BCUT2D eigenvalue weighted by molar-refractivity contribution is 0.166. The maximum Gasteiger partial charge on any atom is 0.274 e. The van der Waals surface area contributed by atoms with E-state index in [1.54, 1.807) is 13.0 Å². The van der Waals surface area contributed by atoms with Gasteiger partial charge in [-0.3, -0.25) is 4.79 Å². The number of halogens is 1. The van der Waals surface area contributed by atoms with Crippen molar-refractivity contribution in [2.75, 3.05) is 0 Å².